The normalized spacial score (nSPS) is 18.7. The zero-order valence-electron chi connectivity index (χ0n) is 8.95. The number of Topliss-reactive ketones (excluding diaryl/α,β-unsaturated/α-hetero) is 1. The fourth-order valence-electron chi connectivity index (χ4n) is 1.59. The van der Waals surface area contributed by atoms with Crippen LogP contribution in [0.15, 0.2) is 18.2 Å². The van der Waals surface area contributed by atoms with E-state index in [9.17, 15) is 4.79 Å². The molecule has 0 saturated carbocycles. The van der Waals surface area contributed by atoms with Gasteiger partial charge >= 0.3 is 0 Å². The van der Waals surface area contributed by atoms with Crippen molar-refractivity contribution in [3.63, 3.8) is 0 Å². The summed E-state index contributed by atoms with van der Waals surface area (Å²) in [6.07, 6.45) is 0.651. The summed E-state index contributed by atoms with van der Waals surface area (Å²) in [6.45, 7) is 2.60. The smallest absolute Gasteiger partial charge is 0.193 e. The number of carbonyl (C=O) groups excluding carboxylic acids is 1. The zero-order valence-corrected chi connectivity index (χ0v) is 8.95. The molecule has 80 valence electrons. The number of methoxy groups -OCH3 is 1. The van der Waals surface area contributed by atoms with Gasteiger partial charge < -0.3 is 9.47 Å². The molecule has 1 aliphatic heterocycles. The summed E-state index contributed by atoms with van der Waals surface area (Å²) in [5, 5.41) is 0. The summed E-state index contributed by atoms with van der Waals surface area (Å²) in [5.41, 5.74) is 1.78. The number of hydrogen-bond donors (Lipinski definition) is 0. The Morgan fingerprint density at radius 1 is 1.60 bits per heavy atom. The molecule has 1 aromatic rings. The van der Waals surface area contributed by atoms with Gasteiger partial charge in [-0.25, -0.2) is 0 Å². The molecule has 0 aromatic heterocycles. The molecular weight excluding hydrogens is 192 g/mol. The number of hydrogen-bond acceptors (Lipinski definition) is 3. The van der Waals surface area contributed by atoms with Crippen LogP contribution in [0.5, 0.6) is 5.75 Å². The Balaban J connectivity index is 2.29. The Bertz CT molecular complexity index is 380. The van der Waals surface area contributed by atoms with Gasteiger partial charge in [-0.15, -0.1) is 0 Å². The third-order valence-electron chi connectivity index (χ3n) is 2.57. The fraction of sp³-hybridized carbons (Fsp3) is 0.417. The highest BCUT2D eigenvalue weighted by atomic mass is 16.6. The Morgan fingerprint density at radius 2 is 2.33 bits per heavy atom. The third-order valence-corrected chi connectivity index (χ3v) is 2.57. The average molecular weight is 206 g/mol. The van der Waals surface area contributed by atoms with Gasteiger partial charge in [-0.3, -0.25) is 4.79 Å². The lowest BCUT2D eigenvalue weighted by Gasteiger charge is -2.07. The second-order valence-corrected chi connectivity index (χ2v) is 3.57. The van der Waals surface area contributed by atoms with Gasteiger partial charge in [-0.2, -0.15) is 0 Å². The van der Waals surface area contributed by atoms with Crippen LogP contribution in [0.2, 0.25) is 0 Å². The lowest BCUT2D eigenvalue weighted by atomic mass is 10.0. The minimum Gasteiger partial charge on any atom is -0.496 e. The first kappa shape index (κ1) is 10.2. The van der Waals surface area contributed by atoms with E-state index < -0.39 is 0 Å². The molecule has 3 heteroatoms. The molecule has 1 aliphatic rings. The molecule has 0 bridgehead atoms. The van der Waals surface area contributed by atoms with E-state index in [0.717, 1.165) is 23.3 Å². The summed E-state index contributed by atoms with van der Waals surface area (Å²) in [7, 11) is 1.64. The molecule has 1 unspecified atom stereocenters. The van der Waals surface area contributed by atoms with E-state index in [1.165, 1.54) is 0 Å². The summed E-state index contributed by atoms with van der Waals surface area (Å²) in [4.78, 5) is 11.7. The predicted molar refractivity (Wildman–Crippen MR) is 56.4 cm³/mol. The second-order valence-electron chi connectivity index (χ2n) is 3.57. The maximum atomic E-state index is 11.7. The summed E-state index contributed by atoms with van der Waals surface area (Å²) >= 11 is 0. The molecule has 0 radical (unpaired) electrons. The van der Waals surface area contributed by atoms with Crippen LogP contribution >= 0.6 is 0 Å². The number of ketones is 1. The topological polar surface area (TPSA) is 38.8 Å². The first-order valence-corrected chi connectivity index (χ1v) is 5.09. The van der Waals surface area contributed by atoms with Crippen molar-refractivity contribution in [2.24, 2.45) is 0 Å². The maximum absolute atomic E-state index is 11.7. The van der Waals surface area contributed by atoms with Crippen LogP contribution in [-0.4, -0.2) is 25.6 Å². The fourth-order valence-corrected chi connectivity index (χ4v) is 1.59. The average Bonchev–Trinajstić information content (AvgIpc) is 3.11. The summed E-state index contributed by atoms with van der Waals surface area (Å²) in [5.74, 6) is 0.915. The molecular formula is C12H14O3. The van der Waals surface area contributed by atoms with Crippen molar-refractivity contribution in [2.45, 2.75) is 19.4 Å². The van der Waals surface area contributed by atoms with Crippen LogP contribution in [0.4, 0.5) is 0 Å². The SMILES string of the molecule is CCc1cc(C(=O)C2CO2)ccc1OC. The number of ether oxygens (including phenoxy) is 2. The molecule has 0 amide bonds. The van der Waals surface area contributed by atoms with Crippen LogP contribution in [0.1, 0.15) is 22.8 Å². The van der Waals surface area contributed by atoms with Crippen LogP contribution < -0.4 is 4.74 Å². The highest BCUT2D eigenvalue weighted by molar-refractivity contribution is 6.01. The first-order valence-electron chi connectivity index (χ1n) is 5.09. The van der Waals surface area contributed by atoms with E-state index in [1.807, 2.05) is 19.1 Å². The highest BCUT2D eigenvalue weighted by Crippen LogP contribution is 2.23. The molecule has 1 atom stereocenters. The number of rotatable bonds is 4. The quantitative estimate of drug-likeness (QED) is 0.557. The van der Waals surface area contributed by atoms with Crippen molar-refractivity contribution in [1.29, 1.82) is 0 Å². The van der Waals surface area contributed by atoms with Crippen molar-refractivity contribution in [3.8, 4) is 5.75 Å². The van der Waals surface area contributed by atoms with Crippen molar-refractivity contribution < 1.29 is 14.3 Å². The Labute approximate surface area is 89.0 Å². The molecule has 1 saturated heterocycles. The molecule has 0 spiro atoms. The molecule has 0 N–H and O–H groups in total. The molecule has 3 nitrogen and oxygen atoms in total. The molecule has 1 heterocycles. The van der Waals surface area contributed by atoms with E-state index in [4.69, 9.17) is 9.47 Å². The number of carbonyl (C=O) groups is 1. The number of aryl methyl sites for hydroxylation is 1. The molecule has 0 aliphatic carbocycles. The predicted octanol–water partition coefficient (Wildman–Crippen LogP) is 1.84. The van der Waals surface area contributed by atoms with Gasteiger partial charge in [0, 0.05) is 5.56 Å². The van der Waals surface area contributed by atoms with Gasteiger partial charge in [0.15, 0.2) is 5.78 Å². The highest BCUT2D eigenvalue weighted by Gasteiger charge is 2.32. The van der Waals surface area contributed by atoms with Crippen LogP contribution in [0.25, 0.3) is 0 Å². The Kier molecular flexibility index (Phi) is 2.73. The Morgan fingerprint density at radius 3 is 2.87 bits per heavy atom. The zero-order chi connectivity index (χ0) is 10.8. The van der Waals surface area contributed by atoms with E-state index >= 15 is 0 Å². The van der Waals surface area contributed by atoms with E-state index in [-0.39, 0.29) is 11.9 Å². The summed E-state index contributed by atoms with van der Waals surface area (Å²) < 4.78 is 10.2. The monoisotopic (exact) mass is 206 g/mol. The van der Waals surface area contributed by atoms with E-state index in [1.54, 1.807) is 13.2 Å². The van der Waals surface area contributed by atoms with Gasteiger partial charge in [-0.05, 0) is 30.2 Å². The maximum Gasteiger partial charge on any atom is 0.193 e. The lowest BCUT2D eigenvalue weighted by molar-refractivity contribution is 0.0953. The van der Waals surface area contributed by atoms with Crippen molar-refractivity contribution in [1.82, 2.24) is 0 Å². The van der Waals surface area contributed by atoms with Crippen LogP contribution in [-0.2, 0) is 11.2 Å². The van der Waals surface area contributed by atoms with Crippen molar-refractivity contribution >= 4 is 5.78 Å². The first-order chi connectivity index (χ1) is 7.26. The van der Waals surface area contributed by atoms with Gasteiger partial charge in [0.1, 0.15) is 11.9 Å². The van der Waals surface area contributed by atoms with Gasteiger partial charge in [0.25, 0.3) is 0 Å². The van der Waals surface area contributed by atoms with Gasteiger partial charge in [0.2, 0.25) is 0 Å². The largest absolute Gasteiger partial charge is 0.496 e. The molecule has 15 heavy (non-hydrogen) atoms. The van der Waals surface area contributed by atoms with E-state index in [0.29, 0.717) is 6.61 Å². The third kappa shape index (κ3) is 2.02. The molecule has 1 fully saturated rings. The van der Waals surface area contributed by atoms with Crippen molar-refractivity contribution in [2.75, 3.05) is 13.7 Å². The van der Waals surface area contributed by atoms with Gasteiger partial charge in [0.05, 0.1) is 13.7 Å². The minimum absolute atomic E-state index is 0.0763. The van der Waals surface area contributed by atoms with Crippen molar-refractivity contribution in [3.05, 3.63) is 29.3 Å². The van der Waals surface area contributed by atoms with E-state index in [2.05, 4.69) is 0 Å². The lowest BCUT2D eigenvalue weighted by Crippen LogP contribution is -2.07. The molecule has 1 aromatic carbocycles. The summed E-state index contributed by atoms with van der Waals surface area (Å²) in [6, 6.07) is 5.53. The second kappa shape index (κ2) is 4.03. The number of benzene rings is 1. The van der Waals surface area contributed by atoms with Crippen LogP contribution in [0.3, 0.4) is 0 Å². The van der Waals surface area contributed by atoms with Gasteiger partial charge in [-0.1, -0.05) is 6.92 Å². The minimum atomic E-state index is -0.205. The molecule has 2 rings (SSSR count). The Hall–Kier alpha value is -1.35. The van der Waals surface area contributed by atoms with Crippen LogP contribution in [0, 0.1) is 0 Å². The number of epoxide rings is 1. The standard InChI is InChI=1S/C12H14O3/c1-3-8-6-9(4-5-10(8)14-2)12(13)11-7-15-11/h4-6,11H,3,7H2,1-2H3.